The number of hydrogen-bond donors (Lipinski definition) is 1. The highest BCUT2D eigenvalue weighted by atomic mass is 35.5. The van der Waals surface area contributed by atoms with Crippen LogP contribution in [0.15, 0.2) is 79.6 Å². The summed E-state index contributed by atoms with van der Waals surface area (Å²) in [5.74, 6) is -0.444. The normalized spacial score (nSPS) is 10.8. The third-order valence-corrected chi connectivity index (χ3v) is 5.21. The van der Waals surface area contributed by atoms with E-state index in [1.165, 1.54) is 0 Å². The average Bonchev–Trinajstić information content (AvgIpc) is 3.16. The van der Waals surface area contributed by atoms with Crippen LogP contribution in [0.25, 0.3) is 22.3 Å². The molecule has 2 N–H and O–H groups in total. The number of primary amides is 1. The average molecular weight is 403 g/mol. The number of nitrogens with two attached hydrogens (primary N) is 1. The Morgan fingerprint density at radius 2 is 1.76 bits per heavy atom. The van der Waals surface area contributed by atoms with E-state index in [9.17, 15) is 4.79 Å². The Kier molecular flexibility index (Phi) is 4.82. The van der Waals surface area contributed by atoms with Gasteiger partial charge in [0, 0.05) is 46.3 Å². The largest absolute Gasteiger partial charge is 0.366 e. The molecule has 0 aliphatic rings. The van der Waals surface area contributed by atoms with Crippen molar-refractivity contribution in [3.05, 3.63) is 95.8 Å². The number of carbonyl (C=O) groups excluding carboxylic acids is 1. The quantitative estimate of drug-likeness (QED) is 0.518. The SMILES string of the molecule is C=C(c1ccn2ncc(-c3ccc(C(N)=O)cc3)c2c1)N(C)c1ccc(Cl)cc1. The number of aromatic nitrogens is 2. The van der Waals surface area contributed by atoms with E-state index in [-0.39, 0.29) is 0 Å². The summed E-state index contributed by atoms with van der Waals surface area (Å²) in [6, 6.07) is 18.8. The van der Waals surface area contributed by atoms with E-state index in [2.05, 4.69) is 17.7 Å². The summed E-state index contributed by atoms with van der Waals surface area (Å²) < 4.78 is 1.82. The number of anilines is 1. The Balaban J connectivity index is 1.70. The van der Waals surface area contributed by atoms with Gasteiger partial charge in [-0.25, -0.2) is 4.52 Å². The van der Waals surface area contributed by atoms with Crippen LogP contribution in [0.4, 0.5) is 5.69 Å². The highest BCUT2D eigenvalue weighted by Crippen LogP contribution is 2.29. The van der Waals surface area contributed by atoms with Crippen LogP contribution >= 0.6 is 11.6 Å². The van der Waals surface area contributed by atoms with Gasteiger partial charge in [0.2, 0.25) is 5.91 Å². The Bertz CT molecular complexity index is 1210. The molecule has 0 aliphatic carbocycles. The molecule has 0 unspecified atom stereocenters. The molecular weight excluding hydrogens is 384 g/mol. The van der Waals surface area contributed by atoms with Gasteiger partial charge in [-0.05, 0) is 54.1 Å². The molecule has 0 spiro atoms. The lowest BCUT2D eigenvalue weighted by molar-refractivity contribution is 0.100. The molecule has 1 amide bonds. The van der Waals surface area contributed by atoms with Gasteiger partial charge < -0.3 is 10.6 Å². The minimum absolute atomic E-state index is 0.444. The minimum Gasteiger partial charge on any atom is -0.366 e. The molecule has 2 heterocycles. The third kappa shape index (κ3) is 3.60. The second-order valence-electron chi connectivity index (χ2n) is 6.73. The first-order valence-corrected chi connectivity index (χ1v) is 9.38. The fraction of sp³-hybridized carbons (Fsp3) is 0.0435. The lowest BCUT2D eigenvalue weighted by Gasteiger charge is -2.22. The lowest BCUT2D eigenvalue weighted by atomic mass is 10.0. The number of carbonyl (C=O) groups is 1. The summed E-state index contributed by atoms with van der Waals surface area (Å²) in [7, 11) is 1.97. The number of nitrogens with zero attached hydrogens (tertiary/aromatic N) is 3. The zero-order chi connectivity index (χ0) is 20.5. The van der Waals surface area contributed by atoms with E-state index < -0.39 is 5.91 Å². The number of halogens is 1. The molecule has 0 fully saturated rings. The van der Waals surface area contributed by atoms with E-state index in [0.29, 0.717) is 10.6 Å². The van der Waals surface area contributed by atoms with Crippen LogP contribution in [-0.2, 0) is 0 Å². The van der Waals surface area contributed by atoms with Gasteiger partial charge in [0.1, 0.15) is 0 Å². The van der Waals surface area contributed by atoms with Gasteiger partial charge in [0.25, 0.3) is 0 Å². The van der Waals surface area contributed by atoms with Gasteiger partial charge in [-0.1, -0.05) is 30.3 Å². The number of benzene rings is 2. The maximum atomic E-state index is 11.3. The predicted molar refractivity (Wildman–Crippen MR) is 118 cm³/mol. The van der Waals surface area contributed by atoms with Gasteiger partial charge in [0.05, 0.1) is 11.7 Å². The van der Waals surface area contributed by atoms with Crippen molar-refractivity contribution in [3.8, 4) is 11.1 Å². The number of fused-ring (bicyclic) bond motifs is 1. The van der Waals surface area contributed by atoms with Crippen LogP contribution < -0.4 is 10.6 Å². The Hall–Kier alpha value is -3.57. The van der Waals surface area contributed by atoms with Crippen LogP contribution in [-0.4, -0.2) is 22.6 Å². The topological polar surface area (TPSA) is 63.6 Å². The van der Waals surface area contributed by atoms with Gasteiger partial charge >= 0.3 is 0 Å². The third-order valence-electron chi connectivity index (χ3n) is 4.95. The van der Waals surface area contributed by atoms with E-state index in [1.54, 1.807) is 12.1 Å². The van der Waals surface area contributed by atoms with Gasteiger partial charge in [-0.3, -0.25) is 4.79 Å². The van der Waals surface area contributed by atoms with Crippen molar-refractivity contribution in [3.63, 3.8) is 0 Å². The zero-order valence-electron chi connectivity index (χ0n) is 15.8. The molecule has 5 nitrogen and oxygen atoms in total. The van der Waals surface area contributed by atoms with E-state index in [4.69, 9.17) is 17.3 Å². The Morgan fingerprint density at radius 3 is 2.41 bits per heavy atom. The second kappa shape index (κ2) is 7.45. The lowest BCUT2D eigenvalue weighted by Crippen LogP contribution is -2.14. The molecule has 4 rings (SSSR count). The smallest absolute Gasteiger partial charge is 0.248 e. The Morgan fingerprint density at radius 1 is 1.07 bits per heavy atom. The van der Waals surface area contributed by atoms with Crippen molar-refractivity contribution >= 4 is 34.4 Å². The number of pyridine rings is 1. The summed E-state index contributed by atoms with van der Waals surface area (Å²) in [5.41, 5.74) is 11.5. The van der Waals surface area contributed by atoms with Crippen molar-refractivity contribution in [1.82, 2.24) is 9.61 Å². The first-order valence-electron chi connectivity index (χ1n) is 9.00. The van der Waals surface area contributed by atoms with Crippen molar-refractivity contribution in [2.45, 2.75) is 0 Å². The Labute approximate surface area is 173 Å². The molecule has 144 valence electrons. The molecule has 2 aromatic heterocycles. The van der Waals surface area contributed by atoms with Crippen molar-refractivity contribution < 1.29 is 4.79 Å². The zero-order valence-corrected chi connectivity index (χ0v) is 16.6. The molecule has 29 heavy (non-hydrogen) atoms. The fourth-order valence-electron chi connectivity index (χ4n) is 3.21. The molecular formula is C23H19ClN4O. The maximum absolute atomic E-state index is 11.3. The molecule has 4 aromatic rings. The summed E-state index contributed by atoms with van der Waals surface area (Å²) in [4.78, 5) is 13.3. The standard InChI is InChI=1S/C23H19ClN4O/c1-15(27(2)20-9-7-19(24)8-10-20)18-11-12-28-22(13-18)21(14-26-28)16-3-5-17(6-4-16)23(25)29/h3-14H,1H2,2H3,(H2,25,29). The molecule has 0 aliphatic heterocycles. The number of hydrogen-bond acceptors (Lipinski definition) is 3. The van der Waals surface area contributed by atoms with Gasteiger partial charge in [-0.15, -0.1) is 0 Å². The van der Waals surface area contributed by atoms with Crippen LogP contribution in [0.3, 0.4) is 0 Å². The highest BCUT2D eigenvalue weighted by molar-refractivity contribution is 6.30. The highest BCUT2D eigenvalue weighted by Gasteiger charge is 2.12. The van der Waals surface area contributed by atoms with Crippen LogP contribution in [0, 0.1) is 0 Å². The van der Waals surface area contributed by atoms with Crippen LogP contribution in [0.1, 0.15) is 15.9 Å². The first kappa shape index (κ1) is 18.8. The molecule has 0 radical (unpaired) electrons. The van der Waals surface area contributed by atoms with Gasteiger partial charge in [0.15, 0.2) is 0 Å². The van der Waals surface area contributed by atoms with Crippen molar-refractivity contribution in [1.29, 1.82) is 0 Å². The molecule has 2 aromatic carbocycles. The summed E-state index contributed by atoms with van der Waals surface area (Å²) in [5, 5.41) is 5.13. The maximum Gasteiger partial charge on any atom is 0.248 e. The molecule has 0 saturated heterocycles. The predicted octanol–water partition coefficient (Wildman–Crippen LogP) is 4.86. The number of amides is 1. The summed E-state index contributed by atoms with van der Waals surface area (Å²) >= 11 is 5.99. The summed E-state index contributed by atoms with van der Waals surface area (Å²) in [6.07, 6.45) is 3.72. The molecule has 0 atom stereocenters. The monoisotopic (exact) mass is 402 g/mol. The molecule has 6 heteroatoms. The van der Waals surface area contributed by atoms with Crippen molar-refractivity contribution in [2.75, 3.05) is 11.9 Å². The van der Waals surface area contributed by atoms with E-state index in [0.717, 1.165) is 33.6 Å². The van der Waals surface area contributed by atoms with E-state index >= 15 is 0 Å². The second-order valence-corrected chi connectivity index (χ2v) is 7.16. The number of rotatable bonds is 5. The first-order chi connectivity index (χ1) is 13.9. The fourth-order valence-corrected chi connectivity index (χ4v) is 3.34. The van der Waals surface area contributed by atoms with Crippen LogP contribution in [0.5, 0.6) is 0 Å². The van der Waals surface area contributed by atoms with E-state index in [1.807, 2.05) is 71.3 Å². The van der Waals surface area contributed by atoms with Gasteiger partial charge in [-0.2, -0.15) is 5.10 Å². The molecule has 0 bridgehead atoms. The summed E-state index contributed by atoms with van der Waals surface area (Å²) in [6.45, 7) is 4.26. The van der Waals surface area contributed by atoms with Crippen molar-refractivity contribution in [2.24, 2.45) is 5.73 Å². The van der Waals surface area contributed by atoms with Crippen LogP contribution in [0.2, 0.25) is 5.02 Å². The molecule has 0 saturated carbocycles. The minimum atomic E-state index is -0.444.